The first-order valence-corrected chi connectivity index (χ1v) is 6.86. The molecular formula is C14H19Cl2N. The van der Waals surface area contributed by atoms with Crippen LogP contribution in [0.3, 0.4) is 0 Å². The Morgan fingerprint density at radius 3 is 2.47 bits per heavy atom. The summed E-state index contributed by atoms with van der Waals surface area (Å²) in [6, 6.07) is 6.03. The topological polar surface area (TPSA) is 15.8 Å². The van der Waals surface area contributed by atoms with E-state index in [0.29, 0.717) is 5.92 Å². The molecule has 0 aliphatic carbocycles. The number of aryl methyl sites for hydroxylation is 1. The van der Waals surface area contributed by atoms with Crippen LogP contribution < -0.4 is 0 Å². The number of aromatic nitrogens is 1. The van der Waals surface area contributed by atoms with Gasteiger partial charge in [-0.2, -0.15) is 0 Å². The summed E-state index contributed by atoms with van der Waals surface area (Å²) in [5.41, 5.74) is 3.86. The van der Waals surface area contributed by atoms with E-state index >= 15 is 0 Å². The minimum absolute atomic E-state index is 0.668. The molecule has 0 atom stereocenters. The fourth-order valence-electron chi connectivity index (χ4n) is 2.03. The Bertz CT molecular complexity index is 486. The van der Waals surface area contributed by atoms with Crippen LogP contribution >= 0.6 is 23.2 Å². The number of H-pyrrole nitrogens is 1. The van der Waals surface area contributed by atoms with Gasteiger partial charge in [0, 0.05) is 28.0 Å². The maximum absolute atomic E-state index is 6.02. The Kier molecular flexibility index (Phi) is 5.35. The molecule has 0 radical (unpaired) electrons. The predicted molar refractivity (Wildman–Crippen MR) is 78.4 cm³/mol. The summed E-state index contributed by atoms with van der Waals surface area (Å²) in [6.07, 6.45) is 2.58. The standard InChI is InChI=1S/C13H16ClN.CH3Cl/c1-8(2)6-11-9(3)15-13-5-4-10(14)7-12(11)13;1-2/h4-5,7-8,15H,6H2,1-3H3;1H3. The van der Waals surface area contributed by atoms with Crippen LogP contribution in [0.15, 0.2) is 18.2 Å². The molecule has 1 aromatic carbocycles. The Hall–Kier alpha value is -0.660. The zero-order valence-electron chi connectivity index (χ0n) is 10.8. The molecule has 0 unspecified atom stereocenters. The van der Waals surface area contributed by atoms with E-state index in [9.17, 15) is 0 Å². The van der Waals surface area contributed by atoms with Crippen molar-refractivity contribution in [1.29, 1.82) is 0 Å². The maximum Gasteiger partial charge on any atom is 0.0459 e. The van der Waals surface area contributed by atoms with Gasteiger partial charge in [-0.15, -0.1) is 11.6 Å². The quantitative estimate of drug-likeness (QED) is 0.725. The van der Waals surface area contributed by atoms with Crippen molar-refractivity contribution < 1.29 is 0 Å². The van der Waals surface area contributed by atoms with Gasteiger partial charge in [-0.1, -0.05) is 25.4 Å². The largest absolute Gasteiger partial charge is 0.358 e. The molecule has 3 heteroatoms. The first-order valence-electron chi connectivity index (χ1n) is 5.72. The summed E-state index contributed by atoms with van der Waals surface area (Å²) in [6.45, 7) is 6.61. The number of aromatic amines is 1. The first-order chi connectivity index (χ1) is 8.08. The molecule has 0 aliphatic heterocycles. The van der Waals surface area contributed by atoms with Gasteiger partial charge < -0.3 is 4.98 Å². The maximum atomic E-state index is 6.02. The number of nitrogens with one attached hydrogen (secondary N) is 1. The molecule has 0 amide bonds. The van der Waals surface area contributed by atoms with Crippen molar-refractivity contribution in [3.05, 3.63) is 34.5 Å². The van der Waals surface area contributed by atoms with Gasteiger partial charge in [-0.3, -0.25) is 0 Å². The van der Waals surface area contributed by atoms with E-state index in [0.717, 1.165) is 11.4 Å². The highest BCUT2D eigenvalue weighted by Gasteiger charge is 2.09. The molecule has 0 spiro atoms. The number of fused-ring (bicyclic) bond motifs is 1. The molecule has 0 bridgehead atoms. The van der Waals surface area contributed by atoms with Crippen LogP contribution in [-0.4, -0.2) is 11.4 Å². The van der Waals surface area contributed by atoms with E-state index in [-0.39, 0.29) is 0 Å². The van der Waals surface area contributed by atoms with Crippen LogP contribution in [0.1, 0.15) is 25.1 Å². The molecule has 1 N–H and O–H groups in total. The van der Waals surface area contributed by atoms with Crippen LogP contribution in [0.25, 0.3) is 10.9 Å². The van der Waals surface area contributed by atoms with Crippen LogP contribution in [0.4, 0.5) is 0 Å². The number of benzene rings is 1. The zero-order chi connectivity index (χ0) is 13.0. The van der Waals surface area contributed by atoms with Gasteiger partial charge in [0.1, 0.15) is 0 Å². The summed E-state index contributed by atoms with van der Waals surface area (Å²) in [7, 11) is 0. The first kappa shape index (κ1) is 14.4. The highest BCUT2D eigenvalue weighted by molar-refractivity contribution is 6.31. The fraction of sp³-hybridized carbons (Fsp3) is 0.429. The fourth-order valence-corrected chi connectivity index (χ4v) is 2.20. The van der Waals surface area contributed by atoms with E-state index < -0.39 is 0 Å². The number of alkyl halides is 1. The zero-order valence-corrected chi connectivity index (χ0v) is 12.3. The van der Waals surface area contributed by atoms with E-state index in [1.165, 1.54) is 28.5 Å². The molecule has 2 rings (SSSR count). The number of rotatable bonds is 2. The third kappa shape index (κ3) is 3.40. The summed E-state index contributed by atoms with van der Waals surface area (Å²) < 4.78 is 0. The molecule has 17 heavy (non-hydrogen) atoms. The Balaban J connectivity index is 0.000000686. The van der Waals surface area contributed by atoms with Gasteiger partial charge in [-0.05, 0) is 43.0 Å². The SMILES string of the molecule is CCl.Cc1[nH]c2ccc(Cl)cc2c1CC(C)C. The molecular weight excluding hydrogens is 253 g/mol. The van der Waals surface area contributed by atoms with E-state index in [1.807, 2.05) is 6.07 Å². The lowest BCUT2D eigenvalue weighted by Gasteiger charge is -2.04. The van der Waals surface area contributed by atoms with Crippen molar-refractivity contribution in [2.45, 2.75) is 27.2 Å². The normalized spacial score (nSPS) is 10.5. The summed E-state index contributed by atoms with van der Waals surface area (Å²) in [4.78, 5) is 3.40. The van der Waals surface area contributed by atoms with Gasteiger partial charge in [0.25, 0.3) is 0 Å². The average Bonchev–Trinajstić information content (AvgIpc) is 2.58. The predicted octanol–water partition coefficient (Wildman–Crippen LogP) is 5.18. The third-order valence-corrected chi connectivity index (χ3v) is 2.93. The van der Waals surface area contributed by atoms with Gasteiger partial charge in [0.15, 0.2) is 0 Å². The van der Waals surface area contributed by atoms with Crippen molar-refractivity contribution in [2.24, 2.45) is 5.92 Å². The lowest BCUT2D eigenvalue weighted by atomic mass is 10.0. The number of hydrogen-bond donors (Lipinski definition) is 1. The van der Waals surface area contributed by atoms with Gasteiger partial charge in [0.2, 0.25) is 0 Å². The van der Waals surface area contributed by atoms with Crippen molar-refractivity contribution in [1.82, 2.24) is 4.98 Å². The van der Waals surface area contributed by atoms with Crippen molar-refractivity contribution in [3.63, 3.8) is 0 Å². The van der Waals surface area contributed by atoms with Crippen LogP contribution in [0, 0.1) is 12.8 Å². The van der Waals surface area contributed by atoms with E-state index in [4.69, 9.17) is 11.6 Å². The Morgan fingerprint density at radius 1 is 1.24 bits per heavy atom. The minimum Gasteiger partial charge on any atom is -0.358 e. The van der Waals surface area contributed by atoms with Gasteiger partial charge in [-0.25, -0.2) is 0 Å². The molecule has 1 aromatic heterocycles. The molecule has 94 valence electrons. The lowest BCUT2D eigenvalue weighted by molar-refractivity contribution is 0.647. The molecule has 0 aliphatic rings. The van der Waals surface area contributed by atoms with E-state index in [1.54, 1.807) is 0 Å². The minimum atomic E-state index is 0.668. The molecule has 0 saturated heterocycles. The van der Waals surface area contributed by atoms with E-state index in [2.05, 4.69) is 49.5 Å². The average molecular weight is 272 g/mol. The highest BCUT2D eigenvalue weighted by atomic mass is 35.5. The van der Waals surface area contributed by atoms with Gasteiger partial charge in [0.05, 0.1) is 0 Å². The molecule has 2 aromatic rings. The summed E-state index contributed by atoms with van der Waals surface area (Å²) in [5.74, 6) is 0.668. The van der Waals surface area contributed by atoms with Crippen molar-refractivity contribution in [2.75, 3.05) is 6.38 Å². The molecule has 0 saturated carbocycles. The summed E-state index contributed by atoms with van der Waals surface area (Å²) in [5, 5.41) is 2.08. The smallest absolute Gasteiger partial charge is 0.0459 e. The molecule has 1 heterocycles. The number of halogens is 2. The van der Waals surface area contributed by atoms with Crippen molar-refractivity contribution >= 4 is 34.1 Å². The molecule has 1 nitrogen and oxygen atoms in total. The second-order valence-corrected chi connectivity index (χ2v) is 4.95. The second-order valence-electron chi connectivity index (χ2n) is 4.52. The Morgan fingerprint density at radius 2 is 1.88 bits per heavy atom. The summed E-state index contributed by atoms with van der Waals surface area (Å²) >= 11 is 10.7. The van der Waals surface area contributed by atoms with Gasteiger partial charge >= 0.3 is 0 Å². The highest BCUT2D eigenvalue weighted by Crippen LogP contribution is 2.27. The number of hydrogen-bond acceptors (Lipinski definition) is 0. The van der Waals surface area contributed by atoms with Crippen molar-refractivity contribution in [3.8, 4) is 0 Å². The second kappa shape index (κ2) is 6.32. The van der Waals surface area contributed by atoms with Crippen LogP contribution in [-0.2, 0) is 6.42 Å². The van der Waals surface area contributed by atoms with Crippen LogP contribution in [0.2, 0.25) is 5.02 Å². The Labute approximate surface area is 113 Å². The molecule has 0 fully saturated rings. The monoisotopic (exact) mass is 271 g/mol. The third-order valence-electron chi connectivity index (χ3n) is 2.69. The van der Waals surface area contributed by atoms with Crippen LogP contribution in [0.5, 0.6) is 0 Å². The lowest BCUT2D eigenvalue weighted by Crippen LogP contribution is -1.94.